The molecular formula is C21H28N4O2S. The van der Waals surface area contributed by atoms with Crippen LogP contribution in [0.3, 0.4) is 0 Å². The van der Waals surface area contributed by atoms with Crippen LogP contribution in [0.15, 0.2) is 35.7 Å². The van der Waals surface area contributed by atoms with E-state index >= 15 is 0 Å². The Morgan fingerprint density at radius 1 is 1.32 bits per heavy atom. The molecule has 0 bridgehead atoms. The molecule has 2 fully saturated rings. The van der Waals surface area contributed by atoms with Crippen molar-refractivity contribution in [1.82, 2.24) is 20.9 Å². The van der Waals surface area contributed by atoms with Crippen LogP contribution in [0.25, 0.3) is 5.57 Å². The van der Waals surface area contributed by atoms with E-state index in [4.69, 9.17) is 0 Å². The van der Waals surface area contributed by atoms with Gasteiger partial charge in [-0.25, -0.2) is 0 Å². The van der Waals surface area contributed by atoms with Gasteiger partial charge in [-0.2, -0.15) is 0 Å². The topological polar surface area (TPSA) is 73.5 Å². The summed E-state index contributed by atoms with van der Waals surface area (Å²) >= 11 is 1.58. The molecule has 150 valence electrons. The van der Waals surface area contributed by atoms with Gasteiger partial charge in [-0.05, 0) is 35.8 Å². The van der Waals surface area contributed by atoms with Gasteiger partial charge in [-0.15, -0.1) is 11.8 Å². The molecule has 3 N–H and O–H groups in total. The van der Waals surface area contributed by atoms with Crippen molar-refractivity contribution in [1.29, 1.82) is 0 Å². The lowest BCUT2D eigenvalue weighted by Gasteiger charge is -2.43. The highest BCUT2D eigenvalue weighted by Crippen LogP contribution is 2.38. The Morgan fingerprint density at radius 2 is 2.14 bits per heavy atom. The number of piperidine rings is 1. The van der Waals surface area contributed by atoms with E-state index in [1.165, 1.54) is 5.57 Å². The average molecular weight is 401 g/mol. The van der Waals surface area contributed by atoms with Gasteiger partial charge in [0.1, 0.15) is 11.5 Å². The Labute approximate surface area is 170 Å². The lowest BCUT2D eigenvalue weighted by Crippen LogP contribution is -2.69. The summed E-state index contributed by atoms with van der Waals surface area (Å²) in [5.74, 6) is 0.185. The number of amides is 2. The summed E-state index contributed by atoms with van der Waals surface area (Å²) in [6, 6.07) is 10.2. The zero-order chi connectivity index (χ0) is 19.5. The molecule has 2 saturated heterocycles. The summed E-state index contributed by atoms with van der Waals surface area (Å²) < 4.78 is 0. The predicted molar refractivity (Wildman–Crippen MR) is 112 cm³/mol. The van der Waals surface area contributed by atoms with Gasteiger partial charge in [0.25, 0.3) is 0 Å². The molecule has 3 heterocycles. The van der Waals surface area contributed by atoms with Gasteiger partial charge in [0.15, 0.2) is 0 Å². The Hall–Kier alpha value is -1.83. The van der Waals surface area contributed by atoms with E-state index in [0.29, 0.717) is 6.54 Å². The highest BCUT2D eigenvalue weighted by molar-refractivity contribution is 8.04. The fourth-order valence-electron chi connectivity index (χ4n) is 4.20. The molecule has 6 nitrogen and oxygen atoms in total. The highest BCUT2D eigenvalue weighted by atomic mass is 32.2. The van der Waals surface area contributed by atoms with Crippen molar-refractivity contribution in [2.24, 2.45) is 5.92 Å². The maximum atomic E-state index is 12.8. The number of nitrogens with one attached hydrogen (secondary N) is 3. The number of fused-ring (bicyclic) bond motifs is 1. The van der Waals surface area contributed by atoms with E-state index in [1.54, 1.807) is 11.8 Å². The third-order valence-corrected chi connectivity index (χ3v) is 6.87. The second-order valence-electron chi connectivity index (χ2n) is 7.68. The largest absolute Gasteiger partial charge is 0.356 e. The third-order valence-electron chi connectivity index (χ3n) is 5.70. The first-order valence-corrected chi connectivity index (χ1v) is 11.1. The number of benzene rings is 1. The van der Waals surface area contributed by atoms with Crippen molar-refractivity contribution in [3.05, 3.63) is 41.3 Å². The minimum atomic E-state index is -0.235. The van der Waals surface area contributed by atoms with Gasteiger partial charge in [-0.1, -0.05) is 37.3 Å². The molecule has 1 aromatic carbocycles. The molecule has 0 aliphatic carbocycles. The summed E-state index contributed by atoms with van der Waals surface area (Å²) in [5, 5.41) is 11.7. The van der Waals surface area contributed by atoms with Crippen LogP contribution in [0.5, 0.6) is 0 Å². The SMILES string of the molecule is CCCNC(=O)C1CCCN(C2NC(=O)C3SC=C(c4ccccc4)C3N2)C1. The molecule has 28 heavy (non-hydrogen) atoms. The lowest BCUT2D eigenvalue weighted by atomic mass is 9.94. The molecule has 0 radical (unpaired) electrons. The zero-order valence-corrected chi connectivity index (χ0v) is 17.0. The van der Waals surface area contributed by atoms with Crippen molar-refractivity contribution >= 4 is 29.1 Å². The molecule has 1 aromatic rings. The van der Waals surface area contributed by atoms with Crippen LogP contribution in [-0.2, 0) is 9.59 Å². The van der Waals surface area contributed by atoms with Crippen LogP contribution in [0.2, 0.25) is 0 Å². The van der Waals surface area contributed by atoms with Crippen molar-refractivity contribution in [3.63, 3.8) is 0 Å². The van der Waals surface area contributed by atoms with Crippen LogP contribution in [0.4, 0.5) is 0 Å². The first kappa shape index (κ1) is 19.5. The Bertz CT molecular complexity index is 754. The van der Waals surface area contributed by atoms with Gasteiger partial charge >= 0.3 is 0 Å². The second kappa shape index (κ2) is 8.68. The molecule has 4 unspecified atom stereocenters. The minimum absolute atomic E-state index is 0.0135. The molecule has 3 aliphatic heterocycles. The number of carbonyl (C=O) groups excluding carboxylic acids is 2. The van der Waals surface area contributed by atoms with Gasteiger partial charge < -0.3 is 10.6 Å². The fraction of sp³-hybridized carbons (Fsp3) is 0.524. The Morgan fingerprint density at radius 3 is 2.93 bits per heavy atom. The van der Waals surface area contributed by atoms with E-state index in [9.17, 15) is 9.59 Å². The van der Waals surface area contributed by atoms with Crippen LogP contribution in [0, 0.1) is 5.92 Å². The van der Waals surface area contributed by atoms with E-state index in [0.717, 1.165) is 37.9 Å². The molecular weight excluding hydrogens is 372 g/mol. The van der Waals surface area contributed by atoms with Crippen LogP contribution >= 0.6 is 11.8 Å². The van der Waals surface area contributed by atoms with Gasteiger partial charge in [0.05, 0.1) is 12.0 Å². The number of nitrogens with zero attached hydrogens (tertiary/aromatic N) is 1. The third kappa shape index (κ3) is 3.97. The molecule has 0 saturated carbocycles. The molecule has 0 aromatic heterocycles. The normalized spacial score (nSPS) is 30.3. The number of hydrogen-bond donors (Lipinski definition) is 3. The number of likely N-dealkylation sites (tertiary alicyclic amines) is 1. The summed E-state index contributed by atoms with van der Waals surface area (Å²) in [6.07, 6.45) is 2.57. The molecule has 0 spiro atoms. The molecule has 2 amide bonds. The zero-order valence-electron chi connectivity index (χ0n) is 16.2. The first-order valence-electron chi connectivity index (χ1n) is 10.2. The van der Waals surface area contributed by atoms with E-state index in [-0.39, 0.29) is 35.3 Å². The predicted octanol–water partition coefficient (Wildman–Crippen LogP) is 1.75. The molecule has 4 rings (SSSR count). The van der Waals surface area contributed by atoms with E-state index < -0.39 is 0 Å². The fourth-order valence-corrected chi connectivity index (χ4v) is 5.35. The van der Waals surface area contributed by atoms with Crippen molar-refractivity contribution in [3.8, 4) is 0 Å². The number of rotatable bonds is 5. The molecule has 7 heteroatoms. The Kier molecular flexibility index (Phi) is 6.04. The summed E-state index contributed by atoms with van der Waals surface area (Å²) in [7, 11) is 0. The van der Waals surface area contributed by atoms with Crippen LogP contribution in [-0.4, -0.2) is 53.9 Å². The van der Waals surface area contributed by atoms with Crippen molar-refractivity contribution < 1.29 is 9.59 Å². The van der Waals surface area contributed by atoms with Crippen molar-refractivity contribution in [2.45, 2.75) is 43.8 Å². The number of thioether (sulfide) groups is 1. The van der Waals surface area contributed by atoms with E-state index in [2.05, 4.69) is 45.3 Å². The number of hydrogen-bond acceptors (Lipinski definition) is 5. The van der Waals surface area contributed by atoms with Gasteiger partial charge in [-0.3, -0.25) is 19.8 Å². The summed E-state index contributed by atoms with van der Waals surface area (Å²) in [6.45, 7) is 4.33. The quantitative estimate of drug-likeness (QED) is 0.702. The summed E-state index contributed by atoms with van der Waals surface area (Å²) in [5.41, 5.74) is 2.32. The van der Waals surface area contributed by atoms with Gasteiger partial charge in [0.2, 0.25) is 11.8 Å². The molecule has 3 aliphatic rings. The smallest absolute Gasteiger partial charge is 0.237 e. The second-order valence-corrected chi connectivity index (χ2v) is 8.69. The van der Waals surface area contributed by atoms with Crippen LogP contribution in [0.1, 0.15) is 31.7 Å². The highest BCUT2D eigenvalue weighted by Gasteiger charge is 2.44. The maximum Gasteiger partial charge on any atom is 0.237 e. The molecule has 4 atom stereocenters. The summed E-state index contributed by atoms with van der Waals surface area (Å²) in [4.78, 5) is 27.4. The monoisotopic (exact) mass is 400 g/mol. The number of carbonyl (C=O) groups is 2. The first-order chi connectivity index (χ1) is 13.7. The Balaban J connectivity index is 1.45. The van der Waals surface area contributed by atoms with Gasteiger partial charge in [0, 0.05) is 19.6 Å². The lowest BCUT2D eigenvalue weighted by molar-refractivity contribution is -0.129. The maximum absolute atomic E-state index is 12.8. The average Bonchev–Trinajstić information content (AvgIpc) is 3.17. The minimum Gasteiger partial charge on any atom is -0.356 e. The van der Waals surface area contributed by atoms with Crippen LogP contribution < -0.4 is 16.0 Å². The van der Waals surface area contributed by atoms with Crippen molar-refractivity contribution in [2.75, 3.05) is 19.6 Å². The standard InChI is InChI=1S/C21H28N4O2S/c1-2-10-22-19(26)15-9-6-11-25(12-15)21-23-17-16(14-7-4-3-5-8-14)13-28-18(17)20(27)24-21/h3-5,7-8,13,15,17-18,21,23H,2,6,9-12H2,1H3,(H,22,26)(H,24,27). The van der Waals surface area contributed by atoms with E-state index in [1.807, 2.05) is 18.2 Å².